The molecular formula is C12H16BF3N2O2S. The van der Waals surface area contributed by atoms with Crippen LogP contribution < -0.4 is 11.2 Å². The number of aromatic nitrogens is 1. The zero-order valence-corrected chi connectivity index (χ0v) is 12.9. The molecule has 0 aliphatic carbocycles. The van der Waals surface area contributed by atoms with Gasteiger partial charge in [0.2, 0.25) is 0 Å². The van der Waals surface area contributed by atoms with Gasteiger partial charge in [0.25, 0.3) is 0 Å². The second kappa shape index (κ2) is 5.07. The lowest BCUT2D eigenvalue weighted by molar-refractivity contribution is -0.0328. The molecule has 2 rings (SSSR count). The summed E-state index contributed by atoms with van der Waals surface area (Å²) in [5.41, 5.74) is 0.328. The number of hydrogen-bond acceptors (Lipinski definition) is 5. The quantitative estimate of drug-likeness (QED) is 0.670. The molecule has 1 aromatic heterocycles. The first-order valence-electron chi connectivity index (χ1n) is 6.28. The van der Waals surface area contributed by atoms with Crippen LogP contribution in [0, 0.1) is 0 Å². The Bertz CT molecular complexity index is 536. The molecule has 9 heteroatoms. The Morgan fingerprint density at radius 2 is 1.71 bits per heavy atom. The van der Waals surface area contributed by atoms with Crippen molar-refractivity contribution < 1.29 is 22.5 Å². The van der Waals surface area contributed by atoms with Gasteiger partial charge in [-0.25, -0.2) is 4.98 Å². The second-order valence-electron chi connectivity index (χ2n) is 5.79. The van der Waals surface area contributed by atoms with Gasteiger partial charge in [-0.1, -0.05) is 0 Å². The van der Waals surface area contributed by atoms with E-state index in [1.54, 1.807) is 0 Å². The van der Waals surface area contributed by atoms with Crippen LogP contribution in [-0.4, -0.2) is 28.8 Å². The van der Waals surface area contributed by atoms with E-state index in [-0.39, 0.29) is 22.5 Å². The maximum atomic E-state index is 12.5. The molecule has 1 fully saturated rings. The maximum Gasteiger partial charge on any atom is 0.496 e. The zero-order chi connectivity index (χ0) is 16.1. The fourth-order valence-corrected chi connectivity index (χ4v) is 2.39. The van der Waals surface area contributed by atoms with Crippen LogP contribution in [0.5, 0.6) is 0 Å². The number of pyridine rings is 1. The minimum atomic E-state index is -4.43. The van der Waals surface area contributed by atoms with Crippen LogP contribution in [0.2, 0.25) is 0 Å². The molecule has 4 nitrogen and oxygen atoms in total. The van der Waals surface area contributed by atoms with E-state index in [4.69, 9.17) is 15.0 Å². The van der Waals surface area contributed by atoms with Crippen LogP contribution in [0.1, 0.15) is 27.7 Å². The molecule has 21 heavy (non-hydrogen) atoms. The molecule has 0 bridgehead atoms. The summed E-state index contributed by atoms with van der Waals surface area (Å²) in [6.45, 7) is 7.46. The highest BCUT2D eigenvalue weighted by molar-refractivity contribution is 8.00. The summed E-state index contributed by atoms with van der Waals surface area (Å²) >= 11 is -0.299. The van der Waals surface area contributed by atoms with Gasteiger partial charge in [-0.3, -0.25) is 0 Å². The predicted octanol–water partition coefficient (Wildman–Crippen LogP) is 2.57. The minimum absolute atomic E-state index is 0.158. The predicted molar refractivity (Wildman–Crippen MR) is 76.3 cm³/mol. The van der Waals surface area contributed by atoms with Crippen LogP contribution in [0.3, 0.4) is 0 Å². The monoisotopic (exact) mass is 320 g/mol. The van der Waals surface area contributed by atoms with Crippen LogP contribution in [-0.2, 0) is 9.31 Å². The van der Waals surface area contributed by atoms with Gasteiger partial charge >= 0.3 is 12.6 Å². The number of halogens is 3. The van der Waals surface area contributed by atoms with Crippen molar-refractivity contribution in [2.24, 2.45) is 0 Å². The smallest absolute Gasteiger partial charge is 0.399 e. The second-order valence-corrected chi connectivity index (χ2v) is 6.89. The number of thioether (sulfide) groups is 1. The van der Waals surface area contributed by atoms with E-state index < -0.39 is 23.8 Å². The number of hydrogen-bond donors (Lipinski definition) is 1. The maximum absolute atomic E-state index is 12.5. The molecule has 2 N–H and O–H groups in total. The van der Waals surface area contributed by atoms with Crippen molar-refractivity contribution in [3.05, 3.63) is 12.3 Å². The lowest BCUT2D eigenvalue weighted by Gasteiger charge is -2.32. The standard InChI is InChI=1S/C12H16BF3N2O2S/c1-10(2)11(3,4)20-13(19-10)7-5-8(9(17)18-6-7)21-12(14,15)16/h5-6H,1-4H3,(H2,17,18). The van der Waals surface area contributed by atoms with Crippen molar-refractivity contribution in [3.8, 4) is 0 Å². The Balaban J connectivity index is 2.29. The summed E-state index contributed by atoms with van der Waals surface area (Å²) < 4.78 is 49.0. The lowest BCUT2D eigenvalue weighted by Crippen LogP contribution is -2.41. The fraction of sp³-hybridized carbons (Fsp3) is 0.583. The van der Waals surface area contributed by atoms with Gasteiger partial charge in [-0.05, 0) is 45.5 Å². The molecule has 0 atom stereocenters. The highest BCUT2D eigenvalue weighted by Crippen LogP contribution is 2.40. The van der Waals surface area contributed by atoms with E-state index in [1.165, 1.54) is 12.3 Å². The third kappa shape index (κ3) is 3.46. The Morgan fingerprint density at radius 3 is 2.19 bits per heavy atom. The van der Waals surface area contributed by atoms with Crippen molar-refractivity contribution in [1.82, 2.24) is 4.98 Å². The highest BCUT2D eigenvalue weighted by atomic mass is 32.2. The Hall–Kier alpha value is -0.925. The lowest BCUT2D eigenvalue weighted by atomic mass is 9.80. The van der Waals surface area contributed by atoms with E-state index in [9.17, 15) is 13.2 Å². The molecule has 0 spiro atoms. The Kier molecular flexibility index (Phi) is 3.97. The summed E-state index contributed by atoms with van der Waals surface area (Å²) in [7, 11) is -0.768. The van der Waals surface area contributed by atoms with Gasteiger partial charge in [-0.15, -0.1) is 0 Å². The van der Waals surface area contributed by atoms with Crippen LogP contribution in [0.15, 0.2) is 17.2 Å². The minimum Gasteiger partial charge on any atom is -0.399 e. The van der Waals surface area contributed by atoms with E-state index in [0.717, 1.165) is 0 Å². The molecule has 0 radical (unpaired) electrons. The van der Waals surface area contributed by atoms with Gasteiger partial charge in [0.1, 0.15) is 5.82 Å². The summed E-state index contributed by atoms with van der Waals surface area (Å²) in [5, 5.41) is 0. The highest BCUT2D eigenvalue weighted by Gasteiger charge is 2.52. The Labute approximate surface area is 125 Å². The van der Waals surface area contributed by atoms with Crippen LogP contribution >= 0.6 is 11.8 Å². The summed E-state index contributed by atoms with van der Waals surface area (Å²) in [5.74, 6) is -0.169. The largest absolute Gasteiger partial charge is 0.496 e. The molecular weight excluding hydrogens is 304 g/mol. The van der Waals surface area contributed by atoms with Crippen molar-refractivity contribution in [3.63, 3.8) is 0 Å². The van der Waals surface area contributed by atoms with E-state index in [1.807, 2.05) is 27.7 Å². The topological polar surface area (TPSA) is 57.4 Å². The summed E-state index contributed by atoms with van der Waals surface area (Å²) in [6.07, 6.45) is 1.37. The van der Waals surface area contributed by atoms with Crippen molar-refractivity contribution in [2.45, 2.75) is 49.3 Å². The van der Waals surface area contributed by atoms with Gasteiger partial charge in [0.05, 0.1) is 16.1 Å². The van der Waals surface area contributed by atoms with Crippen molar-refractivity contribution in [1.29, 1.82) is 0 Å². The van der Waals surface area contributed by atoms with E-state index in [0.29, 0.717) is 5.46 Å². The van der Waals surface area contributed by atoms with Crippen molar-refractivity contribution in [2.75, 3.05) is 5.73 Å². The first kappa shape index (κ1) is 16.4. The third-order valence-electron chi connectivity index (χ3n) is 3.65. The van der Waals surface area contributed by atoms with Crippen LogP contribution in [0.25, 0.3) is 0 Å². The summed E-state index contributed by atoms with van der Waals surface area (Å²) in [6, 6.07) is 1.31. The Morgan fingerprint density at radius 1 is 1.19 bits per heavy atom. The molecule has 1 aromatic rings. The molecule has 0 saturated carbocycles. The average molecular weight is 320 g/mol. The molecule has 1 aliphatic rings. The molecule has 0 unspecified atom stereocenters. The van der Waals surface area contributed by atoms with Crippen molar-refractivity contribution >= 4 is 30.2 Å². The molecule has 1 saturated heterocycles. The molecule has 116 valence electrons. The number of nitrogens with two attached hydrogens (primary N) is 1. The fourth-order valence-electron chi connectivity index (χ4n) is 1.78. The number of nitrogens with zero attached hydrogens (tertiary/aromatic N) is 1. The van der Waals surface area contributed by atoms with Crippen LogP contribution in [0.4, 0.5) is 19.0 Å². The molecule has 1 aliphatic heterocycles. The molecule has 0 amide bonds. The third-order valence-corrected chi connectivity index (χ3v) is 4.43. The van der Waals surface area contributed by atoms with E-state index >= 15 is 0 Å². The first-order valence-corrected chi connectivity index (χ1v) is 7.10. The number of nitrogen functional groups attached to an aromatic ring is 1. The van der Waals surface area contributed by atoms with Gasteiger partial charge in [-0.2, -0.15) is 13.2 Å². The molecule has 0 aromatic carbocycles. The molecule has 2 heterocycles. The van der Waals surface area contributed by atoms with Gasteiger partial charge in [0, 0.05) is 11.7 Å². The normalized spacial score (nSPS) is 20.8. The number of alkyl halides is 3. The summed E-state index contributed by atoms with van der Waals surface area (Å²) in [4.78, 5) is 3.64. The first-order chi connectivity index (χ1) is 9.41. The number of rotatable bonds is 2. The van der Waals surface area contributed by atoms with Gasteiger partial charge in [0.15, 0.2) is 0 Å². The SMILES string of the molecule is CC1(C)OB(c2cnc(N)c(SC(F)(F)F)c2)OC1(C)C. The zero-order valence-electron chi connectivity index (χ0n) is 12.1. The van der Waals surface area contributed by atoms with Gasteiger partial charge < -0.3 is 15.0 Å². The van der Waals surface area contributed by atoms with E-state index in [2.05, 4.69) is 4.98 Å². The average Bonchev–Trinajstić information content (AvgIpc) is 2.49. The number of anilines is 1.